The van der Waals surface area contributed by atoms with E-state index in [4.69, 9.17) is 4.74 Å². The molecule has 0 aromatic heterocycles. The highest BCUT2D eigenvalue weighted by molar-refractivity contribution is 5.15. The molecule has 134 valence electrons. The third-order valence-corrected chi connectivity index (χ3v) is 9.00. The van der Waals surface area contributed by atoms with E-state index in [1.54, 1.807) is 0 Å². The van der Waals surface area contributed by atoms with Gasteiger partial charge in [-0.3, -0.25) is 0 Å². The van der Waals surface area contributed by atoms with Crippen LogP contribution in [-0.2, 0) is 4.74 Å². The molecule has 4 rings (SSSR count). The predicted molar refractivity (Wildman–Crippen MR) is 93.0 cm³/mol. The van der Waals surface area contributed by atoms with Crippen molar-refractivity contribution in [1.82, 2.24) is 0 Å². The predicted octanol–water partition coefficient (Wildman–Crippen LogP) is 4.15. The van der Waals surface area contributed by atoms with Crippen molar-refractivity contribution in [3.63, 3.8) is 0 Å². The van der Waals surface area contributed by atoms with Gasteiger partial charge in [-0.25, -0.2) is 0 Å². The number of methoxy groups -OCH3 is 1. The van der Waals surface area contributed by atoms with Crippen LogP contribution in [0.25, 0.3) is 0 Å². The summed E-state index contributed by atoms with van der Waals surface area (Å²) in [6.45, 7) is 4.87. The van der Waals surface area contributed by atoms with Crippen LogP contribution < -0.4 is 0 Å². The molecular formula is C21H33NO2. The van der Waals surface area contributed by atoms with Crippen molar-refractivity contribution in [2.45, 2.75) is 77.4 Å². The summed E-state index contributed by atoms with van der Waals surface area (Å²) in [5.74, 6) is 2.88. The summed E-state index contributed by atoms with van der Waals surface area (Å²) in [7, 11) is 1.88. The molecule has 0 aromatic carbocycles. The number of hydrogen-bond donors (Lipinski definition) is 1. The van der Waals surface area contributed by atoms with E-state index < -0.39 is 0 Å². The Morgan fingerprint density at radius 3 is 2.58 bits per heavy atom. The Balaban J connectivity index is 1.70. The number of nitriles is 1. The lowest BCUT2D eigenvalue weighted by atomic mass is 9.44. The fraction of sp³-hybridized carbons (Fsp3) is 0.952. The quantitative estimate of drug-likeness (QED) is 0.785. The molecule has 4 aliphatic carbocycles. The molecule has 0 bridgehead atoms. The molecule has 0 radical (unpaired) electrons. The highest BCUT2D eigenvalue weighted by Gasteiger charge is 2.63. The Morgan fingerprint density at radius 2 is 1.88 bits per heavy atom. The van der Waals surface area contributed by atoms with E-state index in [0.29, 0.717) is 29.1 Å². The van der Waals surface area contributed by atoms with Gasteiger partial charge in [-0.05, 0) is 85.9 Å². The molecule has 1 unspecified atom stereocenters. The molecule has 1 N–H and O–H groups in total. The molecule has 0 aliphatic heterocycles. The summed E-state index contributed by atoms with van der Waals surface area (Å²) in [4.78, 5) is 0. The SMILES string of the molecule is CO[C@H]1C[C@]2(C)[C@@H](C#N)CC[C@H]2C2CC[C@@H]3C[C@H](O)CC[C@]3(C)[C@H]21. The fourth-order valence-corrected chi connectivity index (χ4v) is 7.76. The Kier molecular flexibility index (Phi) is 4.01. The Morgan fingerprint density at radius 1 is 1.08 bits per heavy atom. The standard InChI is InChI=1S/C21H33NO2/c1-20-9-8-15(23)10-13(20)4-6-16-17-7-5-14(12-22)21(17,2)11-18(24-3)19(16)20/h13-19,23H,4-11H2,1-3H3/t13-,14-,15-,16?,17+,18+,19-,20+,21-/m1/s1. The molecule has 4 saturated carbocycles. The normalized spacial score (nSPS) is 56.7. The number of aliphatic hydroxyl groups is 1. The minimum absolute atomic E-state index is 0.0936. The lowest BCUT2D eigenvalue weighted by molar-refractivity contribution is -0.183. The minimum Gasteiger partial charge on any atom is -0.393 e. The van der Waals surface area contributed by atoms with Gasteiger partial charge in [-0.1, -0.05) is 13.8 Å². The van der Waals surface area contributed by atoms with Crippen molar-refractivity contribution >= 4 is 0 Å². The van der Waals surface area contributed by atoms with E-state index in [1.165, 1.54) is 19.3 Å². The first-order valence-electron chi connectivity index (χ1n) is 10.0. The van der Waals surface area contributed by atoms with Crippen LogP contribution in [0.15, 0.2) is 0 Å². The van der Waals surface area contributed by atoms with E-state index in [-0.39, 0.29) is 23.5 Å². The molecular weight excluding hydrogens is 298 g/mol. The monoisotopic (exact) mass is 331 g/mol. The fourth-order valence-electron chi connectivity index (χ4n) is 7.76. The Hall–Kier alpha value is -0.590. The molecule has 0 spiro atoms. The van der Waals surface area contributed by atoms with Crippen LogP contribution in [0, 0.1) is 51.8 Å². The first-order valence-corrected chi connectivity index (χ1v) is 10.0. The molecule has 4 aliphatic rings. The van der Waals surface area contributed by atoms with Gasteiger partial charge in [0.15, 0.2) is 0 Å². The van der Waals surface area contributed by atoms with Gasteiger partial charge in [-0.2, -0.15) is 5.26 Å². The summed E-state index contributed by atoms with van der Waals surface area (Å²) in [5, 5.41) is 19.8. The number of nitrogens with zero attached hydrogens (tertiary/aromatic N) is 1. The Labute approximate surface area is 146 Å². The summed E-state index contributed by atoms with van der Waals surface area (Å²) in [5.41, 5.74) is 0.461. The van der Waals surface area contributed by atoms with Gasteiger partial charge in [-0.15, -0.1) is 0 Å². The largest absolute Gasteiger partial charge is 0.393 e. The lowest BCUT2D eigenvalue weighted by Crippen LogP contribution is -2.59. The van der Waals surface area contributed by atoms with E-state index in [9.17, 15) is 10.4 Å². The van der Waals surface area contributed by atoms with Gasteiger partial charge >= 0.3 is 0 Å². The van der Waals surface area contributed by atoms with E-state index in [1.807, 2.05) is 7.11 Å². The van der Waals surface area contributed by atoms with Crippen LogP contribution in [0.5, 0.6) is 0 Å². The van der Waals surface area contributed by atoms with E-state index >= 15 is 0 Å². The second kappa shape index (κ2) is 5.71. The van der Waals surface area contributed by atoms with Gasteiger partial charge in [0.25, 0.3) is 0 Å². The molecule has 0 amide bonds. The number of fused-ring (bicyclic) bond motifs is 5. The average molecular weight is 332 g/mol. The summed E-state index contributed by atoms with van der Waals surface area (Å²) >= 11 is 0. The van der Waals surface area contributed by atoms with Crippen LogP contribution >= 0.6 is 0 Å². The van der Waals surface area contributed by atoms with Gasteiger partial charge in [0.1, 0.15) is 0 Å². The first kappa shape index (κ1) is 16.9. The number of aliphatic hydroxyl groups excluding tert-OH is 1. The van der Waals surface area contributed by atoms with Crippen molar-refractivity contribution in [3.8, 4) is 6.07 Å². The molecule has 0 saturated heterocycles. The van der Waals surface area contributed by atoms with Crippen molar-refractivity contribution < 1.29 is 9.84 Å². The zero-order chi connectivity index (χ0) is 17.1. The summed E-state index contributed by atoms with van der Waals surface area (Å²) in [6, 6.07) is 2.63. The Bertz CT molecular complexity index is 542. The average Bonchev–Trinajstić information content (AvgIpc) is 2.90. The second-order valence-electron chi connectivity index (χ2n) is 9.75. The molecule has 0 heterocycles. The van der Waals surface area contributed by atoms with E-state index in [2.05, 4.69) is 19.9 Å². The van der Waals surface area contributed by atoms with Crippen molar-refractivity contribution in [1.29, 1.82) is 5.26 Å². The maximum atomic E-state index is 10.2. The van der Waals surface area contributed by atoms with Crippen molar-refractivity contribution in [2.75, 3.05) is 7.11 Å². The molecule has 0 aromatic rings. The number of hydrogen-bond acceptors (Lipinski definition) is 3. The molecule has 3 heteroatoms. The first-order chi connectivity index (χ1) is 11.4. The van der Waals surface area contributed by atoms with Gasteiger partial charge < -0.3 is 9.84 Å². The number of ether oxygens (including phenoxy) is 1. The number of rotatable bonds is 1. The van der Waals surface area contributed by atoms with Gasteiger partial charge in [0, 0.05) is 7.11 Å². The summed E-state index contributed by atoms with van der Waals surface area (Å²) < 4.78 is 6.10. The topological polar surface area (TPSA) is 53.2 Å². The maximum Gasteiger partial charge on any atom is 0.0661 e. The van der Waals surface area contributed by atoms with Crippen LogP contribution in [-0.4, -0.2) is 24.4 Å². The third kappa shape index (κ3) is 2.15. The van der Waals surface area contributed by atoms with Crippen LogP contribution in [0.3, 0.4) is 0 Å². The van der Waals surface area contributed by atoms with Gasteiger partial charge in [0.2, 0.25) is 0 Å². The van der Waals surface area contributed by atoms with Crippen LogP contribution in [0.2, 0.25) is 0 Å². The van der Waals surface area contributed by atoms with Crippen molar-refractivity contribution in [2.24, 2.45) is 40.4 Å². The highest BCUT2D eigenvalue weighted by Crippen LogP contribution is 2.67. The van der Waals surface area contributed by atoms with E-state index in [0.717, 1.165) is 32.1 Å². The van der Waals surface area contributed by atoms with Crippen molar-refractivity contribution in [3.05, 3.63) is 0 Å². The molecule has 24 heavy (non-hydrogen) atoms. The third-order valence-electron chi connectivity index (χ3n) is 9.00. The zero-order valence-corrected chi connectivity index (χ0v) is 15.5. The highest BCUT2D eigenvalue weighted by atomic mass is 16.5. The second-order valence-corrected chi connectivity index (χ2v) is 9.75. The lowest BCUT2D eigenvalue weighted by Gasteiger charge is -2.62. The van der Waals surface area contributed by atoms with Crippen LogP contribution in [0.1, 0.15) is 65.2 Å². The molecule has 9 atom stereocenters. The maximum absolute atomic E-state index is 10.2. The molecule has 4 fully saturated rings. The summed E-state index contributed by atoms with van der Waals surface area (Å²) in [6.07, 6.45) is 9.17. The minimum atomic E-state index is -0.0936. The smallest absolute Gasteiger partial charge is 0.0661 e. The zero-order valence-electron chi connectivity index (χ0n) is 15.5. The molecule has 3 nitrogen and oxygen atoms in total. The van der Waals surface area contributed by atoms with Gasteiger partial charge in [0.05, 0.1) is 24.2 Å². The van der Waals surface area contributed by atoms with Crippen LogP contribution in [0.4, 0.5) is 0 Å².